The summed E-state index contributed by atoms with van der Waals surface area (Å²) in [5, 5.41) is 8.74. The van der Waals surface area contributed by atoms with E-state index in [2.05, 4.69) is 36.4 Å². The molecule has 3 aromatic rings. The van der Waals surface area contributed by atoms with Crippen molar-refractivity contribution in [1.82, 2.24) is 15.2 Å². The fraction of sp³-hybridized carbons (Fsp3) is 0.227. The predicted octanol–water partition coefficient (Wildman–Crippen LogP) is 3.66. The van der Waals surface area contributed by atoms with E-state index < -0.39 is 0 Å². The van der Waals surface area contributed by atoms with Crippen molar-refractivity contribution in [2.45, 2.75) is 26.2 Å². The van der Waals surface area contributed by atoms with Gasteiger partial charge in [0.2, 0.25) is 6.79 Å². The summed E-state index contributed by atoms with van der Waals surface area (Å²) in [7, 11) is 0. The Morgan fingerprint density at radius 1 is 1.10 bits per heavy atom. The van der Waals surface area contributed by atoms with Crippen molar-refractivity contribution >= 4 is 12.1 Å². The van der Waals surface area contributed by atoms with Crippen molar-refractivity contribution in [2.24, 2.45) is 5.10 Å². The molecule has 7 heteroatoms. The number of nitrogens with one attached hydrogen (secondary N) is 1. The fourth-order valence-electron chi connectivity index (χ4n) is 2.89. The van der Waals surface area contributed by atoms with Crippen molar-refractivity contribution in [3.63, 3.8) is 0 Å². The number of carbonyl (C=O) groups is 1. The van der Waals surface area contributed by atoms with Crippen LogP contribution in [0, 0.1) is 0 Å². The van der Waals surface area contributed by atoms with Crippen LogP contribution in [-0.2, 0) is 5.41 Å². The minimum atomic E-state index is -0.339. The fourth-order valence-corrected chi connectivity index (χ4v) is 2.89. The van der Waals surface area contributed by atoms with E-state index in [0.717, 1.165) is 16.9 Å². The smallest absolute Gasteiger partial charge is 0.290 e. The predicted molar refractivity (Wildman–Crippen MR) is 110 cm³/mol. The zero-order valence-corrected chi connectivity index (χ0v) is 16.5. The lowest BCUT2D eigenvalue weighted by Gasteiger charge is -2.14. The lowest BCUT2D eigenvalue weighted by atomic mass is 9.92. The van der Waals surface area contributed by atoms with E-state index in [9.17, 15) is 4.79 Å². The first-order chi connectivity index (χ1) is 13.9. The van der Waals surface area contributed by atoms with E-state index in [4.69, 9.17) is 9.47 Å². The number of fused-ring (bicyclic) bond motifs is 1. The van der Waals surface area contributed by atoms with Gasteiger partial charge in [-0.1, -0.05) is 39.0 Å². The van der Waals surface area contributed by atoms with Gasteiger partial charge >= 0.3 is 0 Å². The van der Waals surface area contributed by atoms with Crippen LogP contribution in [0.25, 0.3) is 5.69 Å². The maximum atomic E-state index is 12.8. The van der Waals surface area contributed by atoms with Gasteiger partial charge in [0, 0.05) is 5.41 Å². The molecule has 0 fully saturated rings. The number of aromatic nitrogens is 2. The molecule has 0 aliphatic carbocycles. The second-order valence-corrected chi connectivity index (χ2v) is 7.72. The van der Waals surface area contributed by atoms with Gasteiger partial charge in [-0.3, -0.25) is 4.79 Å². The Kier molecular flexibility index (Phi) is 4.80. The molecule has 0 unspecified atom stereocenters. The largest absolute Gasteiger partial charge is 0.454 e. The van der Waals surface area contributed by atoms with Crippen molar-refractivity contribution < 1.29 is 14.3 Å². The molecule has 1 aliphatic rings. The second-order valence-electron chi connectivity index (χ2n) is 7.72. The van der Waals surface area contributed by atoms with E-state index in [0.29, 0.717) is 17.2 Å². The second kappa shape index (κ2) is 7.43. The van der Waals surface area contributed by atoms with Crippen molar-refractivity contribution in [3.05, 3.63) is 71.5 Å². The number of hydrazone groups is 1. The summed E-state index contributed by atoms with van der Waals surface area (Å²) in [5.74, 6) is 1.03. The van der Waals surface area contributed by atoms with Gasteiger partial charge in [0.05, 0.1) is 17.6 Å². The molecule has 0 bridgehead atoms. The minimum absolute atomic E-state index is 0.190. The summed E-state index contributed by atoms with van der Waals surface area (Å²) in [4.78, 5) is 12.8. The molecular formula is C22H22N4O3. The summed E-state index contributed by atoms with van der Waals surface area (Å²) in [5.41, 5.74) is 5.25. The van der Waals surface area contributed by atoms with Crippen LogP contribution in [0.2, 0.25) is 0 Å². The van der Waals surface area contributed by atoms with E-state index in [1.165, 1.54) is 0 Å². The third-order valence-electron chi connectivity index (χ3n) is 4.49. The van der Waals surface area contributed by atoms with Gasteiger partial charge in [-0.2, -0.15) is 10.2 Å². The molecule has 1 aliphatic heterocycles. The third-order valence-corrected chi connectivity index (χ3v) is 4.49. The number of hydrogen-bond acceptors (Lipinski definition) is 5. The molecular weight excluding hydrogens is 368 g/mol. The molecule has 1 N–H and O–H groups in total. The van der Waals surface area contributed by atoms with Gasteiger partial charge in [0.25, 0.3) is 5.91 Å². The first-order valence-electron chi connectivity index (χ1n) is 9.31. The van der Waals surface area contributed by atoms with Crippen LogP contribution < -0.4 is 14.9 Å². The molecule has 29 heavy (non-hydrogen) atoms. The number of hydrogen-bond donors (Lipinski definition) is 1. The quantitative estimate of drug-likeness (QED) is 0.545. The lowest BCUT2D eigenvalue weighted by Crippen LogP contribution is -2.21. The van der Waals surface area contributed by atoms with Crippen LogP contribution >= 0.6 is 0 Å². The first-order valence-corrected chi connectivity index (χ1v) is 9.31. The highest BCUT2D eigenvalue weighted by Gasteiger charge is 2.23. The SMILES string of the molecule is CC(C)(C)c1cc(C(=O)N/N=C\c2ccc3c(c2)OCO3)n(-c2ccccc2)n1. The number of ether oxygens (including phenoxy) is 2. The molecule has 0 atom stereocenters. The monoisotopic (exact) mass is 390 g/mol. The molecule has 1 aromatic heterocycles. The Labute approximate surface area is 169 Å². The highest BCUT2D eigenvalue weighted by atomic mass is 16.7. The Morgan fingerprint density at radius 2 is 1.86 bits per heavy atom. The van der Waals surface area contributed by atoms with Gasteiger partial charge in [0.15, 0.2) is 11.5 Å². The highest BCUT2D eigenvalue weighted by molar-refractivity contribution is 5.94. The molecule has 2 heterocycles. The van der Waals surface area contributed by atoms with Crippen LogP contribution in [0.3, 0.4) is 0 Å². The number of rotatable bonds is 4. The van der Waals surface area contributed by atoms with Gasteiger partial charge in [0.1, 0.15) is 5.69 Å². The standard InChI is InChI=1S/C22H22N4O3/c1-22(2,3)20-12-17(26(25-20)16-7-5-4-6-8-16)21(27)24-23-13-15-9-10-18-19(11-15)29-14-28-18/h4-13H,14H2,1-3H3,(H,24,27)/b23-13-. The lowest BCUT2D eigenvalue weighted by molar-refractivity contribution is 0.0947. The molecule has 4 rings (SSSR count). The molecule has 0 spiro atoms. The summed E-state index contributed by atoms with van der Waals surface area (Å²) in [6.07, 6.45) is 1.56. The molecule has 148 valence electrons. The Bertz CT molecular complexity index is 1070. The Morgan fingerprint density at radius 3 is 2.62 bits per heavy atom. The van der Waals surface area contributed by atoms with Gasteiger partial charge in [-0.05, 0) is 42.0 Å². The summed E-state index contributed by atoms with van der Waals surface area (Å²) in [6, 6.07) is 16.8. The summed E-state index contributed by atoms with van der Waals surface area (Å²) < 4.78 is 12.3. The molecule has 1 amide bonds. The summed E-state index contributed by atoms with van der Waals surface area (Å²) >= 11 is 0. The van der Waals surface area contributed by atoms with Crippen LogP contribution in [0.15, 0.2) is 59.7 Å². The summed E-state index contributed by atoms with van der Waals surface area (Å²) in [6.45, 7) is 6.39. The van der Waals surface area contributed by atoms with E-state index >= 15 is 0 Å². The van der Waals surface area contributed by atoms with E-state index in [-0.39, 0.29) is 18.1 Å². The molecule has 0 saturated carbocycles. The minimum Gasteiger partial charge on any atom is -0.454 e. The first kappa shape index (κ1) is 18.7. The molecule has 0 radical (unpaired) electrons. The maximum Gasteiger partial charge on any atom is 0.290 e. The molecule has 2 aromatic carbocycles. The van der Waals surface area contributed by atoms with Gasteiger partial charge < -0.3 is 9.47 Å². The Hall–Kier alpha value is -3.61. The van der Waals surface area contributed by atoms with Crippen LogP contribution in [0.1, 0.15) is 42.5 Å². The normalized spacial score (nSPS) is 13.1. The number of amides is 1. The van der Waals surface area contributed by atoms with Gasteiger partial charge in [-0.15, -0.1) is 0 Å². The van der Waals surface area contributed by atoms with Crippen LogP contribution in [0.5, 0.6) is 11.5 Å². The van der Waals surface area contributed by atoms with Crippen molar-refractivity contribution in [1.29, 1.82) is 0 Å². The average molecular weight is 390 g/mol. The van der Waals surface area contributed by atoms with E-state index in [1.807, 2.05) is 48.5 Å². The molecule has 0 saturated heterocycles. The zero-order chi connectivity index (χ0) is 20.4. The number of benzene rings is 2. The number of carbonyl (C=O) groups excluding carboxylic acids is 1. The van der Waals surface area contributed by atoms with Crippen molar-refractivity contribution in [3.8, 4) is 17.2 Å². The Balaban J connectivity index is 1.57. The number of para-hydroxylation sites is 1. The van der Waals surface area contributed by atoms with Gasteiger partial charge in [-0.25, -0.2) is 10.1 Å². The maximum absolute atomic E-state index is 12.8. The van der Waals surface area contributed by atoms with Crippen LogP contribution in [-0.4, -0.2) is 28.7 Å². The molecule has 7 nitrogen and oxygen atoms in total. The average Bonchev–Trinajstić information content (AvgIpc) is 3.35. The van der Waals surface area contributed by atoms with Crippen molar-refractivity contribution in [2.75, 3.05) is 6.79 Å². The topological polar surface area (TPSA) is 77.7 Å². The number of nitrogens with zero attached hydrogens (tertiary/aromatic N) is 3. The highest BCUT2D eigenvalue weighted by Crippen LogP contribution is 2.32. The van der Waals surface area contributed by atoms with E-state index in [1.54, 1.807) is 17.0 Å². The third kappa shape index (κ3) is 3.99. The zero-order valence-electron chi connectivity index (χ0n) is 16.5. The van der Waals surface area contributed by atoms with Crippen LogP contribution in [0.4, 0.5) is 0 Å².